The summed E-state index contributed by atoms with van der Waals surface area (Å²) in [5.74, 6) is -0.121. The zero-order chi connectivity index (χ0) is 21.1. The maximum absolute atomic E-state index is 13.2. The Morgan fingerprint density at radius 3 is 2.73 bits per heavy atom. The van der Waals surface area contributed by atoms with Gasteiger partial charge < -0.3 is 10.1 Å². The van der Waals surface area contributed by atoms with Crippen LogP contribution in [0.4, 0.5) is 5.82 Å². The minimum Gasteiger partial charge on any atom is -0.464 e. The van der Waals surface area contributed by atoms with E-state index in [1.54, 1.807) is 11.5 Å². The lowest BCUT2D eigenvalue weighted by Crippen LogP contribution is -2.35. The molecule has 1 aromatic carbocycles. The first-order valence-electron chi connectivity index (χ1n) is 10.9. The van der Waals surface area contributed by atoms with Crippen LogP contribution >= 0.6 is 11.6 Å². The van der Waals surface area contributed by atoms with Crippen molar-refractivity contribution in [3.05, 3.63) is 57.1 Å². The summed E-state index contributed by atoms with van der Waals surface area (Å²) in [6.07, 6.45) is 6.42. The number of esters is 1. The molecule has 2 atom stereocenters. The van der Waals surface area contributed by atoms with Crippen molar-refractivity contribution in [1.29, 1.82) is 0 Å². The van der Waals surface area contributed by atoms with Gasteiger partial charge in [0.25, 0.3) is 5.56 Å². The van der Waals surface area contributed by atoms with E-state index in [2.05, 4.69) is 22.4 Å². The van der Waals surface area contributed by atoms with Crippen LogP contribution in [0.2, 0.25) is 5.15 Å². The second-order valence-electron chi connectivity index (χ2n) is 8.16. The molecule has 2 heterocycles. The summed E-state index contributed by atoms with van der Waals surface area (Å²) in [6, 6.07) is 9.92. The van der Waals surface area contributed by atoms with Gasteiger partial charge in [0.1, 0.15) is 6.04 Å². The summed E-state index contributed by atoms with van der Waals surface area (Å²) in [5, 5.41) is 3.52. The molecule has 2 aromatic rings. The third-order valence-electron chi connectivity index (χ3n) is 6.17. The van der Waals surface area contributed by atoms with Gasteiger partial charge in [0.05, 0.1) is 12.3 Å². The van der Waals surface area contributed by atoms with E-state index >= 15 is 0 Å². The van der Waals surface area contributed by atoms with E-state index in [0.717, 1.165) is 38.5 Å². The van der Waals surface area contributed by atoms with Gasteiger partial charge in [-0.25, -0.2) is 9.78 Å². The monoisotopic (exact) mass is 429 g/mol. The molecule has 0 bridgehead atoms. The Morgan fingerprint density at radius 1 is 1.30 bits per heavy atom. The fourth-order valence-electron chi connectivity index (χ4n) is 4.42. The van der Waals surface area contributed by atoms with Crippen LogP contribution in [0.25, 0.3) is 0 Å². The Labute approximate surface area is 181 Å². The lowest BCUT2D eigenvalue weighted by Gasteiger charge is -2.27. The Hall–Kier alpha value is -2.34. The van der Waals surface area contributed by atoms with E-state index in [-0.39, 0.29) is 35.9 Å². The average Bonchev–Trinajstić information content (AvgIpc) is 3.10. The molecule has 1 aromatic heterocycles. The zero-order valence-corrected chi connectivity index (χ0v) is 18.0. The van der Waals surface area contributed by atoms with Crippen LogP contribution in [-0.2, 0) is 16.0 Å². The molecule has 0 saturated heterocycles. The van der Waals surface area contributed by atoms with E-state index in [0.29, 0.717) is 17.3 Å². The molecule has 1 aliphatic heterocycles. The lowest BCUT2D eigenvalue weighted by atomic mass is 9.93. The molecule has 0 amide bonds. The summed E-state index contributed by atoms with van der Waals surface area (Å²) in [4.78, 5) is 30.3. The minimum atomic E-state index is -0.642. The Bertz CT molecular complexity index is 956. The van der Waals surface area contributed by atoms with E-state index in [1.165, 1.54) is 5.56 Å². The highest BCUT2D eigenvalue weighted by Crippen LogP contribution is 2.42. The number of benzene rings is 1. The van der Waals surface area contributed by atoms with Crippen LogP contribution in [0.1, 0.15) is 68.7 Å². The van der Waals surface area contributed by atoms with Crippen molar-refractivity contribution in [3.63, 3.8) is 0 Å². The smallest absolute Gasteiger partial charge is 0.329 e. The molecule has 2 aliphatic rings. The van der Waals surface area contributed by atoms with Gasteiger partial charge in [0, 0.05) is 12.0 Å². The molecule has 1 saturated carbocycles. The lowest BCUT2D eigenvalue weighted by molar-refractivity contribution is -0.147. The van der Waals surface area contributed by atoms with Gasteiger partial charge in [-0.15, -0.1) is 0 Å². The molecule has 0 unspecified atom stereocenters. The number of rotatable bonds is 8. The maximum Gasteiger partial charge on any atom is 0.329 e. The van der Waals surface area contributed by atoms with Crippen LogP contribution in [0, 0.1) is 0 Å². The van der Waals surface area contributed by atoms with Crippen molar-refractivity contribution in [2.75, 3.05) is 11.9 Å². The summed E-state index contributed by atoms with van der Waals surface area (Å²) in [7, 11) is 0. The standard InChI is InChI=1S/C23H28ClN3O3/c1-2-30-23(29)18-14-16(11-6-10-15-8-4-3-5-9-15)19-20(24)26-21(22(28)27(18)19)25-17-12-7-13-17/h3-5,8-9,16-18H,2,6-7,10-14H2,1H3,(H,25,26)/t16-,18+/m1/s1. The number of fused-ring (bicyclic) bond motifs is 1. The van der Waals surface area contributed by atoms with Crippen LogP contribution in [0.15, 0.2) is 35.1 Å². The number of nitrogens with one attached hydrogen (secondary N) is 1. The number of ether oxygens (including phenoxy) is 1. The molecule has 160 valence electrons. The second-order valence-corrected chi connectivity index (χ2v) is 8.52. The van der Waals surface area contributed by atoms with Gasteiger partial charge in [-0.05, 0) is 57.4 Å². The molecule has 4 rings (SSSR count). The maximum atomic E-state index is 13.2. The molecule has 6 nitrogen and oxygen atoms in total. The van der Waals surface area contributed by atoms with Gasteiger partial charge in [-0.2, -0.15) is 0 Å². The van der Waals surface area contributed by atoms with Crippen LogP contribution in [0.5, 0.6) is 0 Å². The number of anilines is 1. The first-order valence-corrected chi connectivity index (χ1v) is 11.2. The highest BCUT2D eigenvalue weighted by Gasteiger charge is 2.40. The molecule has 1 aliphatic carbocycles. The first kappa shape index (κ1) is 20.9. The molecule has 0 spiro atoms. The largest absolute Gasteiger partial charge is 0.464 e. The van der Waals surface area contributed by atoms with Gasteiger partial charge >= 0.3 is 5.97 Å². The number of halogens is 1. The topological polar surface area (TPSA) is 73.2 Å². The van der Waals surface area contributed by atoms with Gasteiger partial charge in [-0.1, -0.05) is 41.9 Å². The number of carbonyl (C=O) groups is 1. The Kier molecular flexibility index (Phi) is 6.42. The van der Waals surface area contributed by atoms with Crippen molar-refractivity contribution < 1.29 is 9.53 Å². The number of hydrogen-bond donors (Lipinski definition) is 1. The molecular weight excluding hydrogens is 402 g/mol. The number of nitrogens with zero attached hydrogens (tertiary/aromatic N) is 2. The third kappa shape index (κ3) is 4.24. The van der Waals surface area contributed by atoms with Gasteiger partial charge in [0.2, 0.25) is 0 Å². The van der Waals surface area contributed by atoms with Crippen LogP contribution in [-0.4, -0.2) is 28.2 Å². The van der Waals surface area contributed by atoms with Crippen molar-refractivity contribution >= 4 is 23.4 Å². The van der Waals surface area contributed by atoms with Crippen molar-refractivity contribution in [2.24, 2.45) is 0 Å². The van der Waals surface area contributed by atoms with Crippen LogP contribution in [0.3, 0.4) is 0 Å². The van der Waals surface area contributed by atoms with Crippen molar-refractivity contribution in [2.45, 2.75) is 69.9 Å². The number of hydrogen-bond acceptors (Lipinski definition) is 5. The highest BCUT2D eigenvalue weighted by atomic mass is 35.5. The first-order chi connectivity index (χ1) is 14.6. The molecular formula is C23H28ClN3O3. The van der Waals surface area contributed by atoms with Crippen molar-refractivity contribution in [1.82, 2.24) is 9.55 Å². The van der Waals surface area contributed by atoms with E-state index < -0.39 is 6.04 Å². The Morgan fingerprint density at radius 2 is 2.07 bits per heavy atom. The second kappa shape index (κ2) is 9.21. The summed E-state index contributed by atoms with van der Waals surface area (Å²) >= 11 is 6.57. The van der Waals surface area contributed by atoms with Crippen LogP contribution < -0.4 is 10.9 Å². The van der Waals surface area contributed by atoms with Gasteiger partial charge in [0.15, 0.2) is 11.0 Å². The average molecular weight is 430 g/mol. The quantitative estimate of drug-likeness (QED) is 0.626. The predicted molar refractivity (Wildman–Crippen MR) is 117 cm³/mol. The number of carbonyl (C=O) groups excluding carboxylic acids is 1. The summed E-state index contributed by atoms with van der Waals surface area (Å²) < 4.78 is 6.81. The highest BCUT2D eigenvalue weighted by molar-refractivity contribution is 6.30. The molecule has 30 heavy (non-hydrogen) atoms. The normalized spacial score (nSPS) is 20.5. The molecule has 0 radical (unpaired) electrons. The SMILES string of the molecule is CCOC(=O)[C@@H]1C[C@@H](CCCc2ccccc2)c2c(Cl)nc(NC3CCC3)c(=O)n21. The molecule has 7 heteroatoms. The van der Waals surface area contributed by atoms with E-state index in [1.807, 2.05) is 18.2 Å². The minimum absolute atomic E-state index is 0.00794. The number of aryl methyl sites for hydroxylation is 1. The Balaban J connectivity index is 1.59. The van der Waals surface area contributed by atoms with E-state index in [9.17, 15) is 9.59 Å². The van der Waals surface area contributed by atoms with E-state index in [4.69, 9.17) is 16.3 Å². The molecule has 1 fully saturated rings. The fourth-order valence-corrected chi connectivity index (χ4v) is 4.75. The third-order valence-corrected chi connectivity index (χ3v) is 6.45. The fraction of sp³-hybridized carbons (Fsp3) is 0.522. The number of aromatic nitrogens is 2. The predicted octanol–water partition coefficient (Wildman–Crippen LogP) is 4.48. The summed E-state index contributed by atoms with van der Waals surface area (Å²) in [6.45, 7) is 2.06. The zero-order valence-electron chi connectivity index (χ0n) is 17.3. The van der Waals surface area contributed by atoms with Gasteiger partial charge in [-0.3, -0.25) is 9.36 Å². The van der Waals surface area contributed by atoms with Crippen molar-refractivity contribution in [3.8, 4) is 0 Å². The molecule has 1 N–H and O–H groups in total. The summed E-state index contributed by atoms with van der Waals surface area (Å²) in [5.41, 5.74) is 1.68.